The fraction of sp³-hybridized carbons (Fsp3) is 0.182. The number of nitrogens with zero attached hydrogens (tertiary/aromatic N) is 1. The van der Waals surface area contributed by atoms with Crippen LogP contribution in [-0.2, 0) is 22.5 Å². The first-order chi connectivity index (χ1) is 13.2. The van der Waals surface area contributed by atoms with Gasteiger partial charge in [-0.05, 0) is 18.6 Å². The third-order valence-electron chi connectivity index (χ3n) is 4.62. The Morgan fingerprint density at radius 3 is 2.59 bits per heavy atom. The molecule has 0 aliphatic heterocycles. The Labute approximate surface area is 155 Å². The van der Waals surface area contributed by atoms with Gasteiger partial charge in [-0.3, -0.25) is 4.79 Å². The fourth-order valence-electron chi connectivity index (χ4n) is 3.51. The van der Waals surface area contributed by atoms with E-state index in [4.69, 9.17) is 9.15 Å². The van der Waals surface area contributed by atoms with Crippen molar-refractivity contribution < 1.29 is 13.9 Å². The monoisotopic (exact) mass is 361 g/mol. The Morgan fingerprint density at radius 2 is 1.81 bits per heavy atom. The highest BCUT2D eigenvalue weighted by Crippen LogP contribution is 2.30. The van der Waals surface area contributed by atoms with Gasteiger partial charge in [0.25, 0.3) is 0 Å². The Hall–Kier alpha value is -3.34. The van der Waals surface area contributed by atoms with E-state index in [9.17, 15) is 9.59 Å². The molecule has 4 aromatic rings. The quantitative estimate of drug-likeness (QED) is 0.506. The topological polar surface area (TPSA) is 61.4 Å². The van der Waals surface area contributed by atoms with Gasteiger partial charge in [0.1, 0.15) is 5.52 Å². The Kier molecular flexibility index (Phi) is 4.50. The zero-order valence-electron chi connectivity index (χ0n) is 15.0. The van der Waals surface area contributed by atoms with Gasteiger partial charge in [-0.25, -0.2) is 4.79 Å². The first-order valence-corrected chi connectivity index (χ1v) is 8.90. The molecule has 0 saturated heterocycles. The average molecular weight is 361 g/mol. The summed E-state index contributed by atoms with van der Waals surface area (Å²) in [5, 5.41) is 1.68. The molecule has 2 aromatic heterocycles. The van der Waals surface area contributed by atoms with Crippen LogP contribution in [0.5, 0.6) is 0 Å². The van der Waals surface area contributed by atoms with Crippen LogP contribution in [-0.4, -0.2) is 17.1 Å². The average Bonchev–Trinajstić information content (AvgIpc) is 3.01. The van der Waals surface area contributed by atoms with E-state index < -0.39 is 5.63 Å². The van der Waals surface area contributed by atoms with Crippen LogP contribution in [0, 0.1) is 0 Å². The summed E-state index contributed by atoms with van der Waals surface area (Å²) in [6.07, 6.45) is 1.44. The summed E-state index contributed by atoms with van der Waals surface area (Å²) in [7, 11) is 0. The minimum atomic E-state index is -0.412. The predicted octanol–water partition coefficient (Wildman–Crippen LogP) is 3.90. The van der Waals surface area contributed by atoms with Crippen molar-refractivity contribution in [2.75, 3.05) is 6.61 Å². The maximum atomic E-state index is 12.6. The molecule has 0 atom stereocenters. The number of ether oxygens (including phenoxy) is 1. The number of aromatic nitrogens is 1. The standard InChI is InChI=1S/C22H19NO4/c1-2-26-19(24)12-16-14-27-22(25)21-20(16)17-10-6-7-11-18(17)23(21)13-15-8-4-3-5-9-15/h3-11,14H,2,12-13H2,1H3. The number of fused-ring (bicyclic) bond motifs is 3. The fourth-order valence-corrected chi connectivity index (χ4v) is 3.51. The molecule has 0 amide bonds. The lowest BCUT2D eigenvalue weighted by atomic mass is 10.1. The molecule has 2 heterocycles. The van der Waals surface area contributed by atoms with E-state index in [2.05, 4.69) is 0 Å². The first kappa shape index (κ1) is 17.1. The molecule has 0 fully saturated rings. The van der Waals surface area contributed by atoms with E-state index in [0.29, 0.717) is 24.2 Å². The van der Waals surface area contributed by atoms with Crippen molar-refractivity contribution in [2.24, 2.45) is 0 Å². The second-order valence-corrected chi connectivity index (χ2v) is 6.34. The smallest absolute Gasteiger partial charge is 0.360 e. The van der Waals surface area contributed by atoms with E-state index in [-0.39, 0.29) is 12.4 Å². The molecular weight excluding hydrogens is 342 g/mol. The molecule has 0 saturated carbocycles. The lowest BCUT2D eigenvalue weighted by Crippen LogP contribution is -2.11. The second-order valence-electron chi connectivity index (χ2n) is 6.34. The molecule has 0 aliphatic carbocycles. The van der Waals surface area contributed by atoms with Gasteiger partial charge in [-0.1, -0.05) is 48.5 Å². The van der Waals surface area contributed by atoms with Crippen LogP contribution in [0.25, 0.3) is 21.8 Å². The maximum Gasteiger partial charge on any atom is 0.360 e. The van der Waals surface area contributed by atoms with E-state index in [1.165, 1.54) is 6.26 Å². The number of para-hydroxylation sites is 1. The molecule has 0 unspecified atom stereocenters. The van der Waals surface area contributed by atoms with E-state index >= 15 is 0 Å². The molecule has 27 heavy (non-hydrogen) atoms. The molecule has 0 aliphatic rings. The molecule has 136 valence electrons. The zero-order valence-corrected chi connectivity index (χ0v) is 15.0. The van der Waals surface area contributed by atoms with E-state index in [0.717, 1.165) is 21.9 Å². The normalized spacial score (nSPS) is 11.1. The summed E-state index contributed by atoms with van der Waals surface area (Å²) in [5.74, 6) is -0.340. The van der Waals surface area contributed by atoms with Crippen molar-refractivity contribution in [3.05, 3.63) is 82.4 Å². The molecule has 0 spiro atoms. The summed E-state index contributed by atoms with van der Waals surface area (Å²) in [5.41, 5.74) is 2.73. The molecular formula is C22H19NO4. The summed E-state index contributed by atoms with van der Waals surface area (Å²) in [6, 6.07) is 17.7. The van der Waals surface area contributed by atoms with E-state index in [1.54, 1.807) is 6.92 Å². The van der Waals surface area contributed by atoms with Gasteiger partial charge in [-0.15, -0.1) is 0 Å². The van der Waals surface area contributed by atoms with E-state index in [1.807, 2.05) is 59.2 Å². The highest BCUT2D eigenvalue weighted by molar-refractivity contribution is 6.10. The lowest BCUT2D eigenvalue weighted by molar-refractivity contribution is -0.142. The SMILES string of the molecule is CCOC(=O)Cc1coc(=O)c2c1c1ccccc1n2Cc1ccccc1. The van der Waals surface area contributed by atoms with Gasteiger partial charge < -0.3 is 13.7 Å². The highest BCUT2D eigenvalue weighted by atomic mass is 16.5. The number of esters is 1. The van der Waals surface area contributed by atoms with Crippen molar-refractivity contribution in [1.29, 1.82) is 0 Å². The number of carbonyl (C=O) groups excluding carboxylic acids is 1. The van der Waals surface area contributed by atoms with Gasteiger partial charge in [0.05, 0.1) is 19.3 Å². The third kappa shape index (κ3) is 3.12. The Bertz CT molecular complexity index is 1170. The van der Waals surface area contributed by atoms with Crippen LogP contribution in [0.4, 0.5) is 0 Å². The second kappa shape index (κ2) is 7.11. The Balaban J connectivity index is 1.97. The molecule has 5 nitrogen and oxygen atoms in total. The lowest BCUT2D eigenvalue weighted by Gasteiger charge is -2.07. The van der Waals surface area contributed by atoms with Gasteiger partial charge in [0, 0.05) is 28.4 Å². The minimum Gasteiger partial charge on any atom is -0.466 e. The highest BCUT2D eigenvalue weighted by Gasteiger charge is 2.19. The van der Waals surface area contributed by atoms with Crippen molar-refractivity contribution >= 4 is 27.8 Å². The van der Waals surface area contributed by atoms with Crippen LogP contribution in [0.1, 0.15) is 18.1 Å². The van der Waals surface area contributed by atoms with Crippen LogP contribution in [0.2, 0.25) is 0 Å². The third-order valence-corrected chi connectivity index (χ3v) is 4.62. The summed E-state index contributed by atoms with van der Waals surface area (Å²) in [6.45, 7) is 2.62. The summed E-state index contributed by atoms with van der Waals surface area (Å²) >= 11 is 0. The number of benzene rings is 2. The predicted molar refractivity (Wildman–Crippen MR) is 104 cm³/mol. The van der Waals surface area contributed by atoms with Crippen LogP contribution in [0.3, 0.4) is 0 Å². The molecule has 0 radical (unpaired) electrons. The number of rotatable bonds is 5. The zero-order chi connectivity index (χ0) is 18.8. The van der Waals surface area contributed by atoms with Crippen molar-refractivity contribution in [3.63, 3.8) is 0 Å². The Morgan fingerprint density at radius 1 is 1.07 bits per heavy atom. The minimum absolute atomic E-state index is 0.0630. The van der Waals surface area contributed by atoms with Crippen LogP contribution >= 0.6 is 0 Å². The van der Waals surface area contributed by atoms with Crippen LogP contribution in [0.15, 0.2) is 70.1 Å². The van der Waals surface area contributed by atoms with Gasteiger partial charge in [0.15, 0.2) is 0 Å². The van der Waals surface area contributed by atoms with Crippen molar-refractivity contribution in [2.45, 2.75) is 19.9 Å². The molecule has 0 bridgehead atoms. The van der Waals surface area contributed by atoms with Crippen molar-refractivity contribution in [1.82, 2.24) is 4.57 Å². The largest absolute Gasteiger partial charge is 0.466 e. The molecule has 5 heteroatoms. The number of hydrogen-bond donors (Lipinski definition) is 0. The number of carbonyl (C=O) groups is 1. The summed E-state index contributed by atoms with van der Waals surface area (Å²) in [4.78, 5) is 24.6. The first-order valence-electron chi connectivity index (χ1n) is 8.90. The molecule has 2 aromatic carbocycles. The number of hydrogen-bond acceptors (Lipinski definition) is 4. The van der Waals surface area contributed by atoms with Gasteiger partial charge in [-0.2, -0.15) is 0 Å². The molecule has 4 rings (SSSR count). The van der Waals surface area contributed by atoms with Crippen LogP contribution < -0.4 is 5.63 Å². The van der Waals surface area contributed by atoms with Gasteiger partial charge in [0.2, 0.25) is 0 Å². The van der Waals surface area contributed by atoms with Gasteiger partial charge >= 0.3 is 11.6 Å². The maximum absolute atomic E-state index is 12.6. The molecule has 0 N–H and O–H groups in total. The van der Waals surface area contributed by atoms with Crippen molar-refractivity contribution in [3.8, 4) is 0 Å². The summed E-state index contributed by atoms with van der Waals surface area (Å²) < 4.78 is 12.3.